The number of hydrogen-bond donors (Lipinski definition) is 1. The van der Waals surface area contributed by atoms with Gasteiger partial charge in [-0.05, 0) is 47.9 Å². The fourth-order valence-corrected chi connectivity index (χ4v) is 4.21. The average molecular weight is 461 g/mol. The minimum Gasteiger partial charge on any atom is -0.496 e. The van der Waals surface area contributed by atoms with Gasteiger partial charge in [-0.25, -0.2) is 0 Å². The molecule has 1 N–H and O–H groups in total. The van der Waals surface area contributed by atoms with Crippen molar-refractivity contribution in [3.63, 3.8) is 0 Å². The van der Waals surface area contributed by atoms with Crippen molar-refractivity contribution in [3.8, 4) is 23.7 Å². The number of nitrogens with zero attached hydrogens (tertiary/aromatic N) is 3. The van der Waals surface area contributed by atoms with Gasteiger partial charge in [0.25, 0.3) is 5.91 Å². The Labute approximate surface area is 197 Å². The Balaban J connectivity index is 1.67. The Hall–Kier alpha value is -3.46. The summed E-state index contributed by atoms with van der Waals surface area (Å²) in [5.74, 6) is 7.25. The summed E-state index contributed by atoms with van der Waals surface area (Å²) in [6, 6.07) is 7.43. The molecule has 2 atom stereocenters. The lowest BCUT2D eigenvalue weighted by molar-refractivity contribution is -0.112. The van der Waals surface area contributed by atoms with Gasteiger partial charge in [0.2, 0.25) is 5.13 Å². The highest BCUT2D eigenvalue weighted by Crippen LogP contribution is 2.38. The summed E-state index contributed by atoms with van der Waals surface area (Å²) in [5, 5.41) is 21.4. The third-order valence-electron chi connectivity index (χ3n) is 5.88. The average Bonchev–Trinajstić information content (AvgIpc) is 3.17. The molecule has 8 heteroatoms. The predicted molar refractivity (Wildman–Crippen MR) is 126 cm³/mol. The predicted octanol–water partition coefficient (Wildman–Crippen LogP) is 4.04. The van der Waals surface area contributed by atoms with Crippen LogP contribution in [0.4, 0.5) is 5.13 Å². The second-order valence-electron chi connectivity index (χ2n) is 8.19. The summed E-state index contributed by atoms with van der Waals surface area (Å²) >= 11 is 1.24. The zero-order valence-electron chi connectivity index (χ0n) is 18.7. The third kappa shape index (κ3) is 5.14. The standard InChI is InChI=1S/C25H24N4O3S/c1-15-4-7-19(20(10-16(15)2)21-11-17(12-26)5-8-22(21)31-3)24(30)27-25-29-28-23(33-25)9-6-18-13-32-14-18/h4-5,7-8,11,15-16,18H,10,13-14H2,1-3H3,(H,27,29,30). The lowest BCUT2D eigenvalue weighted by Crippen LogP contribution is -2.25. The molecule has 7 nitrogen and oxygen atoms in total. The van der Waals surface area contributed by atoms with Gasteiger partial charge in [-0.2, -0.15) is 5.26 Å². The highest BCUT2D eigenvalue weighted by Gasteiger charge is 2.25. The van der Waals surface area contributed by atoms with Crippen LogP contribution in [0.1, 0.15) is 36.4 Å². The summed E-state index contributed by atoms with van der Waals surface area (Å²) in [7, 11) is 1.59. The summed E-state index contributed by atoms with van der Waals surface area (Å²) < 4.78 is 10.7. The number of carbonyl (C=O) groups is 1. The van der Waals surface area contributed by atoms with Gasteiger partial charge < -0.3 is 9.47 Å². The summed E-state index contributed by atoms with van der Waals surface area (Å²) in [5.41, 5.74) is 2.62. The van der Waals surface area contributed by atoms with Crippen molar-refractivity contribution in [3.05, 3.63) is 52.1 Å². The van der Waals surface area contributed by atoms with E-state index in [1.165, 1.54) is 11.3 Å². The Morgan fingerprint density at radius 3 is 2.82 bits per heavy atom. The quantitative estimate of drug-likeness (QED) is 0.692. The molecule has 1 aliphatic heterocycles. The Morgan fingerprint density at radius 2 is 2.12 bits per heavy atom. The van der Waals surface area contributed by atoms with E-state index in [4.69, 9.17) is 9.47 Å². The molecule has 2 heterocycles. The van der Waals surface area contributed by atoms with Crippen LogP contribution in [-0.4, -0.2) is 36.4 Å². The lowest BCUT2D eigenvalue weighted by atomic mass is 9.87. The molecule has 2 aliphatic rings. The molecule has 1 aromatic heterocycles. The molecule has 0 saturated carbocycles. The second kappa shape index (κ2) is 9.99. The van der Waals surface area contributed by atoms with Crippen LogP contribution in [0.15, 0.2) is 35.9 Å². The molecule has 0 spiro atoms. The van der Waals surface area contributed by atoms with Gasteiger partial charge in [0.15, 0.2) is 5.01 Å². The van der Waals surface area contributed by atoms with Crippen LogP contribution >= 0.6 is 11.3 Å². The fraction of sp³-hybridized carbons (Fsp3) is 0.360. The van der Waals surface area contributed by atoms with Gasteiger partial charge in [0, 0.05) is 11.1 Å². The van der Waals surface area contributed by atoms with Gasteiger partial charge in [0.05, 0.1) is 37.9 Å². The van der Waals surface area contributed by atoms with E-state index in [1.807, 2.05) is 12.2 Å². The molecule has 1 saturated heterocycles. The number of amides is 1. The number of anilines is 1. The normalized spacial score (nSPS) is 20.2. The number of methoxy groups -OCH3 is 1. The third-order valence-corrected chi connectivity index (χ3v) is 6.63. The molecule has 2 unspecified atom stereocenters. The van der Waals surface area contributed by atoms with Crippen molar-refractivity contribution >= 4 is 27.9 Å². The first-order valence-electron chi connectivity index (χ1n) is 10.7. The van der Waals surface area contributed by atoms with Crippen molar-refractivity contribution in [1.82, 2.24) is 10.2 Å². The largest absolute Gasteiger partial charge is 0.496 e. The summed E-state index contributed by atoms with van der Waals surface area (Å²) in [6.07, 6.45) is 4.57. The smallest absolute Gasteiger partial charge is 0.257 e. The van der Waals surface area contributed by atoms with E-state index < -0.39 is 0 Å². The summed E-state index contributed by atoms with van der Waals surface area (Å²) in [4.78, 5) is 13.4. The molecule has 0 bridgehead atoms. The van der Waals surface area contributed by atoms with Crippen LogP contribution in [0.5, 0.6) is 5.75 Å². The van der Waals surface area contributed by atoms with E-state index in [-0.39, 0.29) is 17.7 Å². The number of rotatable bonds is 4. The minimum absolute atomic E-state index is 0.235. The van der Waals surface area contributed by atoms with E-state index in [0.717, 1.165) is 11.1 Å². The minimum atomic E-state index is -0.282. The van der Waals surface area contributed by atoms with Crippen molar-refractivity contribution < 1.29 is 14.3 Å². The van der Waals surface area contributed by atoms with Crippen LogP contribution < -0.4 is 10.1 Å². The molecular weight excluding hydrogens is 436 g/mol. The van der Waals surface area contributed by atoms with Crippen molar-refractivity contribution in [2.75, 3.05) is 25.6 Å². The van der Waals surface area contributed by atoms with Crippen LogP contribution in [-0.2, 0) is 9.53 Å². The Bertz CT molecular complexity index is 1220. The summed E-state index contributed by atoms with van der Waals surface area (Å²) in [6.45, 7) is 5.57. The molecule has 1 aliphatic carbocycles. The maximum absolute atomic E-state index is 13.4. The first-order chi connectivity index (χ1) is 16.0. The van der Waals surface area contributed by atoms with E-state index in [2.05, 4.69) is 47.3 Å². The van der Waals surface area contributed by atoms with E-state index in [9.17, 15) is 10.1 Å². The fourth-order valence-electron chi connectivity index (χ4n) is 3.61. The number of nitriles is 1. The maximum atomic E-state index is 13.4. The van der Waals surface area contributed by atoms with Crippen molar-refractivity contribution in [2.24, 2.45) is 17.8 Å². The van der Waals surface area contributed by atoms with Gasteiger partial charge >= 0.3 is 0 Å². The molecule has 4 rings (SSSR count). The number of nitrogens with one attached hydrogen (secondary N) is 1. The molecule has 0 radical (unpaired) electrons. The maximum Gasteiger partial charge on any atom is 0.257 e. The van der Waals surface area contributed by atoms with Gasteiger partial charge in [0.1, 0.15) is 5.75 Å². The molecule has 1 fully saturated rings. The molecule has 33 heavy (non-hydrogen) atoms. The van der Waals surface area contributed by atoms with Gasteiger partial charge in [-0.1, -0.05) is 43.3 Å². The first-order valence-corrected chi connectivity index (χ1v) is 11.5. The molecule has 168 valence electrons. The molecule has 1 amide bonds. The molecular formula is C25H24N4O3S. The number of allylic oxidation sites excluding steroid dienone is 2. The van der Waals surface area contributed by atoms with Crippen LogP contribution in [0, 0.1) is 40.9 Å². The molecule has 1 aromatic carbocycles. The van der Waals surface area contributed by atoms with Gasteiger partial charge in [-0.3, -0.25) is 10.1 Å². The molecule has 2 aromatic rings. The second-order valence-corrected chi connectivity index (χ2v) is 9.17. The first kappa shape index (κ1) is 22.7. The lowest BCUT2D eigenvalue weighted by Gasteiger charge is -2.19. The zero-order chi connectivity index (χ0) is 23.4. The highest BCUT2D eigenvalue weighted by atomic mass is 32.1. The van der Waals surface area contributed by atoms with Crippen molar-refractivity contribution in [1.29, 1.82) is 5.26 Å². The number of aromatic nitrogens is 2. The van der Waals surface area contributed by atoms with Crippen LogP contribution in [0.3, 0.4) is 0 Å². The van der Waals surface area contributed by atoms with Gasteiger partial charge in [-0.15, -0.1) is 10.2 Å². The SMILES string of the molecule is COc1ccc(C#N)cc1C1=C(C(=O)Nc2nnc(C#CC3COC3)s2)C=CC(C)C(C)C1. The van der Waals surface area contributed by atoms with Crippen molar-refractivity contribution in [2.45, 2.75) is 20.3 Å². The monoisotopic (exact) mass is 460 g/mol. The Kier molecular flexibility index (Phi) is 6.88. The number of hydrogen-bond acceptors (Lipinski definition) is 7. The number of benzene rings is 1. The topological polar surface area (TPSA) is 97.1 Å². The zero-order valence-corrected chi connectivity index (χ0v) is 19.5. The highest BCUT2D eigenvalue weighted by molar-refractivity contribution is 7.15. The van der Waals surface area contributed by atoms with Crippen LogP contribution in [0.2, 0.25) is 0 Å². The van der Waals surface area contributed by atoms with E-state index in [1.54, 1.807) is 25.3 Å². The van der Waals surface area contributed by atoms with E-state index in [0.29, 0.717) is 52.6 Å². The van der Waals surface area contributed by atoms with E-state index >= 15 is 0 Å². The Morgan fingerprint density at radius 1 is 1.30 bits per heavy atom. The number of carbonyl (C=O) groups excluding carboxylic acids is 1. The number of ether oxygens (including phenoxy) is 2. The van der Waals surface area contributed by atoms with Crippen LogP contribution in [0.25, 0.3) is 5.57 Å².